The van der Waals surface area contributed by atoms with Crippen LogP contribution in [0.25, 0.3) is 15.9 Å². The van der Waals surface area contributed by atoms with Crippen LogP contribution in [0.15, 0.2) is 24.3 Å². The molecular formula is C19H25N3O2S. The van der Waals surface area contributed by atoms with Gasteiger partial charge in [0.1, 0.15) is 5.01 Å². The number of carboxylic acid groups (broad SMARTS) is 1. The van der Waals surface area contributed by atoms with Crippen molar-refractivity contribution in [2.75, 3.05) is 13.6 Å². The van der Waals surface area contributed by atoms with E-state index < -0.39 is 6.09 Å². The molecule has 3 rings (SSSR count). The van der Waals surface area contributed by atoms with E-state index in [9.17, 15) is 9.90 Å². The van der Waals surface area contributed by atoms with Crippen molar-refractivity contribution in [1.29, 1.82) is 0 Å². The zero-order chi connectivity index (χ0) is 18.1. The van der Waals surface area contributed by atoms with E-state index in [2.05, 4.69) is 38.8 Å². The summed E-state index contributed by atoms with van der Waals surface area (Å²) in [6, 6.07) is 6.55. The minimum atomic E-state index is -0.893. The number of hydrogen-bond donors (Lipinski definition) is 1. The van der Waals surface area contributed by atoms with Gasteiger partial charge in [-0.1, -0.05) is 19.1 Å². The van der Waals surface area contributed by atoms with Gasteiger partial charge in [-0.25, -0.2) is 9.78 Å². The zero-order valence-corrected chi connectivity index (χ0v) is 16.0. The molecule has 0 bridgehead atoms. The molecule has 25 heavy (non-hydrogen) atoms. The van der Waals surface area contributed by atoms with Crippen LogP contribution < -0.4 is 0 Å². The predicted octanol–water partition coefficient (Wildman–Crippen LogP) is 4.50. The summed E-state index contributed by atoms with van der Waals surface area (Å²) < 4.78 is 1.14. The molecule has 0 saturated heterocycles. The molecule has 0 aliphatic carbocycles. The molecule has 0 fully saturated rings. The van der Waals surface area contributed by atoms with Crippen LogP contribution in [0.4, 0.5) is 4.79 Å². The molecule has 1 aliphatic heterocycles. The van der Waals surface area contributed by atoms with E-state index in [-0.39, 0.29) is 0 Å². The van der Waals surface area contributed by atoms with Crippen LogP contribution in [0.1, 0.15) is 37.8 Å². The first-order valence-corrected chi connectivity index (χ1v) is 9.47. The van der Waals surface area contributed by atoms with E-state index in [1.807, 2.05) is 18.2 Å². The molecule has 134 valence electrons. The molecule has 1 aliphatic rings. The SMILES string of the molecule is CC1CC=C(c2ccc3sc(CN(C)C(C)C)nc3c2)N(C(=O)O)C1. The van der Waals surface area contributed by atoms with Crippen molar-refractivity contribution in [3.05, 3.63) is 34.8 Å². The largest absolute Gasteiger partial charge is 0.465 e. The van der Waals surface area contributed by atoms with Crippen molar-refractivity contribution in [3.8, 4) is 0 Å². The Morgan fingerprint density at radius 2 is 2.24 bits per heavy atom. The third-order valence-corrected chi connectivity index (χ3v) is 5.74. The Hall–Kier alpha value is -1.92. The maximum Gasteiger partial charge on any atom is 0.411 e. The van der Waals surface area contributed by atoms with Gasteiger partial charge in [0.2, 0.25) is 0 Å². The van der Waals surface area contributed by atoms with E-state index in [1.165, 1.54) is 4.90 Å². The normalized spacial score (nSPS) is 18.2. The van der Waals surface area contributed by atoms with Gasteiger partial charge in [0, 0.05) is 18.2 Å². The molecule has 1 aromatic carbocycles. The van der Waals surface area contributed by atoms with Gasteiger partial charge in [-0.3, -0.25) is 9.80 Å². The highest BCUT2D eigenvalue weighted by Gasteiger charge is 2.25. The first-order chi connectivity index (χ1) is 11.8. The zero-order valence-electron chi connectivity index (χ0n) is 15.2. The number of hydrogen-bond acceptors (Lipinski definition) is 4. The van der Waals surface area contributed by atoms with Crippen molar-refractivity contribution in [1.82, 2.24) is 14.8 Å². The second-order valence-corrected chi connectivity index (χ2v) is 8.24. The molecular weight excluding hydrogens is 334 g/mol. The van der Waals surface area contributed by atoms with Gasteiger partial charge in [0.15, 0.2) is 0 Å². The van der Waals surface area contributed by atoms with Gasteiger partial charge in [-0.2, -0.15) is 0 Å². The topological polar surface area (TPSA) is 56.7 Å². The second kappa shape index (κ2) is 7.14. The highest BCUT2D eigenvalue weighted by atomic mass is 32.1. The summed E-state index contributed by atoms with van der Waals surface area (Å²) in [6.45, 7) is 7.78. The van der Waals surface area contributed by atoms with E-state index in [1.54, 1.807) is 11.3 Å². The standard InChI is InChI=1S/C19H25N3O2S/c1-12(2)21(4)11-18-20-15-9-14(6-8-17(15)25-18)16-7-5-13(3)10-22(16)19(23)24/h6-9,12-13H,5,10-11H2,1-4H3,(H,23,24). The Labute approximate surface area is 152 Å². The van der Waals surface area contributed by atoms with Crippen LogP contribution in [-0.4, -0.2) is 45.6 Å². The number of fused-ring (bicyclic) bond motifs is 1. The molecule has 6 heteroatoms. The summed E-state index contributed by atoms with van der Waals surface area (Å²) in [5, 5.41) is 10.6. The smallest absolute Gasteiger partial charge is 0.411 e. The Morgan fingerprint density at radius 3 is 2.92 bits per heavy atom. The number of aromatic nitrogens is 1. The maximum absolute atomic E-state index is 11.6. The molecule has 0 saturated carbocycles. The van der Waals surface area contributed by atoms with Crippen LogP contribution in [0.5, 0.6) is 0 Å². The molecule has 2 heterocycles. The van der Waals surface area contributed by atoms with Crippen LogP contribution in [0.2, 0.25) is 0 Å². The number of rotatable bonds is 4. The number of allylic oxidation sites excluding steroid dienone is 1. The summed E-state index contributed by atoms with van der Waals surface area (Å²) in [6.07, 6.45) is 2.04. The van der Waals surface area contributed by atoms with Crippen molar-refractivity contribution in [2.24, 2.45) is 5.92 Å². The average molecular weight is 359 g/mol. The van der Waals surface area contributed by atoms with Gasteiger partial charge in [0.25, 0.3) is 0 Å². The van der Waals surface area contributed by atoms with Crippen LogP contribution in [0, 0.1) is 5.92 Å². The summed E-state index contributed by atoms with van der Waals surface area (Å²) in [7, 11) is 2.10. The van der Waals surface area contributed by atoms with Gasteiger partial charge >= 0.3 is 6.09 Å². The highest BCUT2D eigenvalue weighted by Crippen LogP contribution is 2.31. The van der Waals surface area contributed by atoms with E-state index in [4.69, 9.17) is 4.98 Å². The lowest BCUT2D eigenvalue weighted by molar-refractivity contribution is 0.159. The number of amides is 1. The van der Waals surface area contributed by atoms with Gasteiger partial charge in [0.05, 0.1) is 22.5 Å². The van der Waals surface area contributed by atoms with Crippen LogP contribution in [0.3, 0.4) is 0 Å². The third kappa shape index (κ3) is 3.85. The van der Waals surface area contributed by atoms with Gasteiger partial charge in [-0.15, -0.1) is 11.3 Å². The Kier molecular flexibility index (Phi) is 5.11. The molecule has 0 spiro atoms. The molecule has 1 amide bonds. The fraction of sp³-hybridized carbons (Fsp3) is 0.474. The highest BCUT2D eigenvalue weighted by molar-refractivity contribution is 7.18. The van der Waals surface area contributed by atoms with Gasteiger partial charge < -0.3 is 5.11 Å². The number of nitrogens with zero attached hydrogens (tertiary/aromatic N) is 3. The van der Waals surface area contributed by atoms with E-state index in [0.717, 1.165) is 39.5 Å². The van der Waals surface area contributed by atoms with Crippen molar-refractivity contribution >= 4 is 33.3 Å². The molecule has 0 radical (unpaired) electrons. The van der Waals surface area contributed by atoms with Crippen molar-refractivity contribution in [2.45, 2.75) is 39.8 Å². The lowest BCUT2D eigenvalue weighted by atomic mass is 9.98. The van der Waals surface area contributed by atoms with Gasteiger partial charge in [-0.05, 0) is 45.4 Å². The van der Waals surface area contributed by atoms with E-state index >= 15 is 0 Å². The molecule has 5 nitrogen and oxygen atoms in total. The van der Waals surface area contributed by atoms with Crippen LogP contribution in [-0.2, 0) is 6.54 Å². The third-order valence-electron chi connectivity index (χ3n) is 4.72. The summed E-state index contributed by atoms with van der Waals surface area (Å²) >= 11 is 1.70. The summed E-state index contributed by atoms with van der Waals surface area (Å²) in [4.78, 5) is 20.1. The fourth-order valence-electron chi connectivity index (χ4n) is 2.96. The molecule has 1 aromatic heterocycles. The summed E-state index contributed by atoms with van der Waals surface area (Å²) in [5.74, 6) is 0.348. The van der Waals surface area contributed by atoms with Crippen LogP contribution >= 0.6 is 11.3 Å². The first-order valence-electron chi connectivity index (χ1n) is 8.66. The van der Waals surface area contributed by atoms with E-state index in [0.29, 0.717) is 18.5 Å². The minimum absolute atomic E-state index is 0.348. The molecule has 1 unspecified atom stereocenters. The lowest BCUT2D eigenvalue weighted by Gasteiger charge is -2.29. The molecule has 2 aromatic rings. The number of carbonyl (C=O) groups is 1. The molecule has 1 atom stereocenters. The Balaban J connectivity index is 1.91. The van der Waals surface area contributed by atoms with Crippen molar-refractivity contribution in [3.63, 3.8) is 0 Å². The fourth-order valence-corrected chi connectivity index (χ4v) is 3.97. The summed E-state index contributed by atoms with van der Waals surface area (Å²) in [5.41, 5.74) is 2.65. The monoisotopic (exact) mass is 359 g/mol. The second-order valence-electron chi connectivity index (χ2n) is 7.12. The first kappa shape index (κ1) is 17.9. The molecule has 1 N–H and O–H groups in total. The lowest BCUT2D eigenvalue weighted by Crippen LogP contribution is -2.34. The number of thiazole rings is 1. The minimum Gasteiger partial charge on any atom is -0.465 e. The Morgan fingerprint density at radius 1 is 1.48 bits per heavy atom. The quantitative estimate of drug-likeness (QED) is 0.873. The average Bonchev–Trinajstić information content (AvgIpc) is 2.95. The number of benzene rings is 1. The maximum atomic E-state index is 11.6. The predicted molar refractivity (Wildman–Crippen MR) is 103 cm³/mol. The Bertz CT molecular complexity index is 812. The van der Waals surface area contributed by atoms with Crippen molar-refractivity contribution < 1.29 is 9.90 Å².